The van der Waals surface area contributed by atoms with Gasteiger partial charge in [0.15, 0.2) is 6.61 Å². The van der Waals surface area contributed by atoms with Crippen LogP contribution in [0.25, 0.3) is 0 Å². The molecule has 1 aliphatic rings. The highest BCUT2D eigenvalue weighted by Gasteiger charge is 2.33. The summed E-state index contributed by atoms with van der Waals surface area (Å²) >= 11 is 0. The van der Waals surface area contributed by atoms with Crippen LogP contribution < -0.4 is 0 Å². The SMILES string of the molecule is CC1CCC(C(C)C)C(OC(=O)COC(=O)CCc2ccccc2)C1. The second-order valence-electron chi connectivity index (χ2n) is 7.50. The first-order valence-electron chi connectivity index (χ1n) is 9.34. The molecule has 2 rings (SSSR count). The van der Waals surface area contributed by atoms with Gasteiger partial charge in [0.05, 0.1) is 0 Å². The number of carbonyl (C=O) groups is 2. The van der Waals surface area contributed by atoms with Crippen molar-refractivity contribution >= 4 is 11.9 Å². The average molecular weight is 346 g/mol. The molecule has 1 fully saturated rings. The van der Waals surface area contributed by atoms with Crippen LogP contribution in [0.2, 0.25) is 0 Å². The van der Waals surface area contributed by atoms with Gasteiger partial charge in [0.25, 0.3) is 0 Å². The largest absolute Gasteiger partial charge is 0.460 e. The fraction of sp³-hybridized carbons (Fsp3) is 0.619. The van der Waals surface area contributed by atoms with Crippen molar-refractivity contribution in [2.24, 2.45) is 17.8 Å². The van der Waals surface area contributed by atoms with Crippen LogP contribution >= 0.6 is 0 Å². The van der Waals surface area contributed by atoms with Crippen LogP contribution in [-0.2, 0) is 25.5 Å². The molecule has 4 heteroatoms. The second-order valence-corrected chi connectivity index (χ2v) is 7.50. The Morgan fingerprint density at radius 3 is 2.52 bits per heavy atom. The van der Waals surface area contributed by atoms with Crippen LogP contribution in [0.15, 0.2) is 30.3 Å². The molecule has 3 atom stereocenters. The molecule has 4 nitrogen and oxygen atoms in total. The summed E-state index contributed by atoms with van der Waals surface area (Å²) in [5.41, 5.74) is 1.08. The molecule has 0 radical (unpaired) electrons. The van der Waals surface area contributed by atoms with E-state index in [1.807, 2.05) is 30.3 Å². The molecule has 0 amide bonds. The van der Waals surface area contributed by atoms with Gasteiger partial charge < -0.3 is 9.47 Å². The first kappa shape index (κ1) is 19.5. The number of hydrogen-bond donors (Lipinski definition) is 0. The Morgan fingerprint density at radius 2 is 1.84 bits per heavy atom. The van der Waals surface area contributed by atoms with Gasteiger partial charge in [-0.25, -0.2) is 4.79 Å². The van der Waals surface area contributed by atoms with Crippen molar-refractivity contribution in [3.8, 4) is 0 Å². The van der Waals surface area contributed by atoms with E-state index >= 15 is 0 Å². The molecule has 138 valence electrons. The molecular weight excluding hydrogens is 316 g/mol. The van der Waals surface area contributed by atoms with Crippen molar-refractivity contribution in [1.82, 2.24) is 0 Å². The smallest absolute Gasteiger partial charge is 0.344 e. The molecule has 1 saturated carbocycles. The lowest BCUT2D eigenvalue weighted by atomic mass is 9.75. The lowest BCUT2D eigenvalue weighted by Gasteiger charge is -2.36. The van der Waals surface area contributed by atoms with E-state index in [4.69, 9.17) is 9.47 Å². The van der Waals surface area contributed by atoms with Gasteiger partial charge in [0.1, 0.15) is 6.10 Å². The molecule has 0 spiro atoms. The van der Waals surface area contributed by atoms with Crippen LogP contribution in [0.1, 0.15) is 52.0 Å². The van der Waals surface area contributed by atoms with E-state index in [1.165, 1.54) is 6.42 Å². The topological polar surface area (TPSA) is 52.6 Å². The van der Waals surface area contributed by atoms with Gasteiger partial charge in [-0.05, 0) is 42.6 Å². The van der Waals surface area contributed by atoms with Gasteiger partial charge in [-0.3, -0.25) is 4.79 Å². The number of ether oxygens (including phenoxy) is 2. The summed E-state index contributed by atoms with van der Waals surface area (Å²) in [5.74, 6) is 0.657. The maximum atomic E-state index is 12.1. The van der Waals surface area contributed by atoms with E-state index in [9.17, 15) is 9.59 Å². The predicted molar refractivity (Wildman–Crippen MR) is 96.9 cm³/mol. The van der Waals surface area contributed by atoms with Crippen molar-refractivity contribution < 1.29 is 19.1 Å². The highest BCUT2D eigenvalue weighted by Crippen LogP contribution is 2.35. The van der Waals surface area contributed by atoms with Crippen molar-refractivity contribution in [2.75, 3.05) is 6.61 Å². The fourth-order valence-electron chi connectivity index (χ4n) is 3.56. The summed E-state index contributed by atoms with van der Waals surface area (Å²) in [5, 5.41) is 0. The molecule has 3 unspecified atom stereocenters. The standard InChI is InChI=1S/C21H30O4/c1-15(2)18-11-9-16(3)13-19(18)25-21(23)14-24-20(22)12-10-17-7-5-4-6-8-17/h4-8,15-16,18-19H,9-14H2,1-3H3. The number of benzene rings is 1. The Bertz CT molecular complexity index is 552. The fourth-order valence-corrected chi connectivity index (χ4v) is 3.56. The number of carbonyl (C=O) groups excluding carboxylic acids is 2. The molecule has 1 aromatic rings. The van der Waals surface area contributed by atoms with Crippen LogP contribution in [-0.4, -0.2) is 24.6 Å². The number of aryl methyl sites for hydroxylation is 1. The molecule has 0 aromatic heterocycles. The monoisotopic (exact) mass is 346 g/mol. The maximum Gasteiger partial charge on any atom is 0.344 e. The normalized spacial score (nSPS) is 23.3. The van der Waals surface area contributed by atoms with Gasteiger partial charge in [-0.15, -0.1) is 0 Å². The second kappa shape index (κ2) is 9.59. The zero-order valence-corrected chi connectivity index (χ0v) is 15.6. The molecule has 0 heterocycles. The van der Waals surface area contributed by atoms with E-state index < -0.39 is 5.97 Å². The maximum absolute atomic E-state index is 12.1. The van der Waals surface area contributed by atoms with Crippen molar-refractivity contribution in [1.29, 1.82) is 0 Å². The zero-order chi connectivity index (χ0) is 18.2. The Labute approximate surface area is 150 Å². The molecule has 1 aromatic carbocycles. The number of hydrogen-bond acceptors (Lipinski definition) is 4. The van der Waals surface area contributed by atoms with Gasteiger partial charge >= 0.3 is 11.9 Å². The van der Waals surface area contributed by atoms with E-state index in [0.717, 1.165) is 18.4 Å². The van der Waals surface area contributed by atoms with Crippen LogP contribution in [0.5, 0.6) is 0 Å². The lowest BCUT2D eigenvalue weighted by Crippen LogP contribution is -2.36. The summed E-state index contributed by atoms with van der Waals surface area (Å²) in [6, 6.07) is 9.76. The molecule has 1 aliphatic carbocycles. The van der Waals surface area contributed by atoms with E-state index in [2.05, 4.69) is 20.8 Å². The first-order valence-corrected chi connectivity index (χ1v) is 9.34. The molecule has 25 heavy (non-hydrogen) atoms. The third-order valence-electron chi connectivity index (χ3n) is 5.06. The van der Waals surface area contributed by atoms with Crippen LogP contribution in [0, 0.1) is 17.8 Å². The lowest BCUT2D eigenvalue weighted by molar-refractivity contribution is -0.167. The van der Waals surface area contributed by atoms with Crippen LogP contribution in [0.4, 0.5) is 0 Å². The summed E-state index contributed by atoms with van der Waals surface area (Å²) in [7, 11) is 0. The van der Waals surface area contributed by atoms with Gasteiger partial charge in [-0.1, -0.05) is 57.5 Å². The highest BCUT2D eigenvalue weighted by molar-refractivity contribution is 5.76. The Kier molecular flexibility index (Phi) is 7.48. The van der Waals surface area contributed by atoms with Crippen molar-refractivity contribution in [3.05, 3.63) is 35.9 Å². The van der Waals surface area contributed by atoms with Crippen LogP contribution in [0.3, 0.4) is 0 Å². The summed E-state index contributed by atoms with van der Waals surface area (Å²) in [6.07, 6.45) is 4.01. The van der Waals surface area contributed by atoms with E-state index in [-0.39, 0.29) is 25.1 Å². The number of rotatable bonds is 7. The van der Waals surface area contributed by atoms with E-state index in [0.29, 0.717) is 24.2 Å². The third kappa shape index (κ3) is 6.52. The van der Waals surface area contributed by atoms with Gasteiger partial charge in [0.2, 0.25) is 0 Å². The van der Waals surface area contributed by atoms with Gasteiger partial charge in [-0.2, -0.15) is 0 Å². The molecular formula is C21H30O4. The van der Waals surface area contributed by atoms with E-state index in [1.54, 1.807) is 0 Å². The Hall–Kier alpha value is -1.84. The summed E-state index contributed by atoms with van der Waals surface area (Å²) in [6.45, 7) is 6.25. The highest BCUT2D eigenvalue weighted by atomic mass is 16.6. The Morgan fingerprint density at radius 1 is 1.12 bits per heavy atom. The molecule has 0 aliphatic heterocycles. The van der Waals surface area contributed by atoms with Crippen molar-refractivity contribution in [3.63, 3.8) is 0 Å². The molecule has 0 saturated heterocycles. The summed E-state index contributed by atoms with van der Waals surface area (Å²) < 4.78 is 10.7. The zero-order valence-electron chi connectivity index (χ0n) is 15.6. The summed E-state index contributed by atoms with van der Waals surface area (Å²) in [4.78, 5) is 23.9. The molecule has 0 N–H and O–H groups in total. The van der Waals surface area contributed by atoms with Gasteiger partial charge in [0, 0.05) is 6.42 Å². The minimum absolute atomic E-state index is 0.0562. The predicted octanol–water partition coefficient (Wildman–Crippen LogP) is 4.17. The molecule has 0 bridgehead atoms. The quantitative estimate of drug-likeness (QED) is 0.696. The Balaban J connectivity index is 1.72. The minimum Gasteiger partial charge on any atom is -0.460 e. The third-order valence-corrected chi connectivity index (χ3v) is 5.06. The van der Waals surface area contributed by atoms with Crippen molar-refractivity contribution in [2.45, 2.75) is 59.0 Å². The number of esters is 2. The first-order chi connectivity index (χ1) is 12.0. The average Bonchev–Trinajstić information content (AvgIpc) is 2.59. The minimum atomic E-state index is -0.433.